The second-order valence-electron chi connectivity index (χ2n) is 4.34. The van der Waals surface area contributed by atoms with Gasteiger partial charge >= 0.3 is 0 Å². The van der Waals surface area contributed by atoms with E-state index in [0.717, 1.165) is 0 Å². The third kappa shape index (κ3) is 3.54. The van der Waals surface area contributed by atoms with E-state index in [-0.39, 0.29) is 16.5 Å². The zero-order chi connectivity index (χ0) is 16.5. The minimum Gasteiger partial charge on any atom is -0.267 e. The van der Waals surface area contributed by atoms with Gasteiger partial charge in [-0.3, -0.25) is 4.31 Å². The van der Waals surface area contributed by atoms with E-state index in [2.05, 4.69) is 15.9 Å². The van der Waals surface area contributed by atoms with Gasteiger partial charge in [0.1, 0.15) is 4.90 Å². The van der Waals surface area contributed by atoms with E-state index in [9.17, 15) is 8.42 Å². The Balaban J connectivity index is 2.58. The first-order chi connectivity index (χ1) is 10.3. The number of nitrogens with zero attached hydrogens (tertiary/aromatic N) is 1. The van der Waals surface area contributed by atoms with Gasteiger partial charge in [0, 0.05) is 16.0 Å². The summed E-state index contributed by atoms with van der Waals surface area (Å²) in [5.41, 5.74) is 0.451. The van der Waals surface area contributed by atoms with Crippen molar-refractivity contribution in [2.75, 3.05) is 10.8 Å². The molecule has 0 saturated heterocycles. The first-order valence-electron chi connectivity index (χ1n) is 6.20. The molecule has 0 saturated carbocycles. The molecular weight excluding hydrogens is 432 g/mol. The van der Waals surface area contributed by atoms with E-state index in [1.54, 1.807) is 25.1 Å². The van der Waals surface area contributed by atoms with Gasteiger partial charge in [0.2, 0.25) is 0 Å². The quantitative estimate of drug-likeness (QED) is 0.615. The van der Waals surface area contributed by atoms with Crippen molar-refractivity contribution in [2.24, 2.45) is 0 Å². The van der Waals surface area contributed by atoms with Gasteiger partial charge < -0.3 is 0 Å². The second kappa shape index (κ2) is 6.97. The fraction of sp³-hybridized carbons (Fsp3) is 0.143. The Kier molecular flexibility index (Phi) is 5.67. The third-order valence-electron chi connectivity index (χ3n) is 2.94. The van der Waals surface area contributed by atoms with E-state index >= 15 is 0 Å². The molecule has 0 spiro atoms. The van der Waals surface area contributed by atoms with Crippen LogP contribution in [0.4, 0.5) is 5.69 Å². The molecule has 8 heteroatoms. The SMILES string of the molecule is CCN(c1ccc(Br)c(Cl)c1)S(=O)(=O)c1cc(Cl)ccc1Cl. The van der Waals surface area contributed by atoms with Gasteiger partial charge in [0.05, 0.1) is 15.7 Å². The van der Waals surface area contributed by atoms with Crippen LogP contribution in [0.15, 0.2) is 45.8 Å². The summed E-state index contributed by atoms with van der Waals surface area (Å²) in [5, 5.41) is 0.835. The summed E-state index contributed by atoms with van der Waals surface area (Å²) in [5.74, 6) is 0. The van der Waals surface area contributed by atoms with Gasteiger partial charge in [-0.15, -0.1) is 0 Å². The number of halogens is 4. The average Bonchev–Trinajstić information content (AvgIpc) is 2.45. The molecule has 0 amide bonds. The summed E-state index contributed by atoms with van der Waals surface area (Å²) >= 11 is 21.3. The molecule has 3 nitrogen and oxygen atoms in total. The monoisotopic (exact) mass is 441 g/mol. The van der Waals surface area contributed by atoms with Gasteiger partial charge in [-0.25, -0.2) is 8.42 Å². The minimum atomic E-state index is -3.84. The maximum absolute atomic E-state index is 12.9. The van der Waals surface area contributed by atoms with Crippen LogP contribution in [-0.2, 0) is 10.0 Å². The molecule has 0 fully saturated rings. The lowest BCUT2D eigenvalue weighted by molar-refractivity contribution is 0.592. The van der Waals surface area contributed by atoms with Crippen molar-refractivity contribution in [1.29, 1.82) is 0 Å². The molecule has 118 valence electrons. The maximum Gasteiger partial charge on any atom is 0.265 e. The normalized spacial score (nSPS) is 11.5. The van der Waals surface area contributed by atoms with Crippen LogP contribution in [0.1, 0.15) is 6.92 Å². The summed E-state index contributed by atoms with van der Waals surface area (Å²) in [7, 11) is -3.84. The smallest absolute Gasteiger partial charge is 0.265 e. The van der Waals surface area contributed by atoms with Crippen molar-refractivity contribution in [3.63, 3.8) is 0 Å². The van der Waals surface area contributed by atoms with Crippen LogP contribution in [0, 0.1) is 0 Å². The number of anilines is 1. The first-order valence-corrected chi connectivity index (χ1v) is 9.57. The topological polar surface area (TPSA) is 37.4 Å². The van der Waals surface area contributed by atoms with Crippen LogP contribution >= 0.6 is 50.7 Å². The van der Waals surface area contributed by atoms with Gasteiger partial charge in [-0.05, 0) is 59.3 Å². The largest absolute Gasteiger partial charge is 0.267 e. The molecule has 0 aliphatic rings. The molecule has 0 heterocycles. The van der Waals surface area contributed by atoms with Crippen molar-refractivity contribution < 1.29 is 8.42 Å². The van der Waals surface area contributed by atoms with E-state index in [4.69, 9.17) is 34.8 Å². The molecule has 22 heavy (non-hydrogen) atoms. The lowest BCUT2D eigenvalue weighted by Crippen LogP contribution is -2.31. The average molecular weight is 444 g/mol. The van der Waals surface area contributed by atoms with E-state index in [1.807, 2.05) is 0 Å². The predicted molar refractivity (Wildman–Crippen MR) is 95.8 cm³/mol. The summed E-state index contributed by atoms with van der Waals surface area (Å²) < 4.78 is 27.6. The molecule has 0 aromatic heterocycles. The molecule has 2 aromatic rings. The van der Waals surface area contributed by atoms with Crippen LogP contribution in [0.5, 0.6) is 0 Å². The zero-order valence-electron chi connectivity index (χ0n) is 11.4. The molecule has 2 aromatic carbocycles. The molecule has 0 N–H and O–H groups in total. The molecular formula is C14H11BrCl3NO2S. The van der Waals surface area contributed by atoms with Crippen LogP contribution in [0.2, 0.25) is 15.1 Å². The number of hydrogen-bond donors (Lipinski definition) is 0. The number of benzene rings is 2. The summed E-state index contributed by atoms with van der Waals surface area (Å²) in [6, 6.07) is 9.26. The number of hydrogen-bond acceptors (Lipinski definition) is 2. The Hall–Kier alpha value is -0.460. The third-order valence-corrected chi connectivity index (χ3v) is 6.79. The zero-order valence-corrected chi connectivity index (χ0v) is 16.0. The van der Waals surface area contributed by atoms with E-state index in [0.29, 0.717) is 20.2 Å². The van der Waals surface area contributed by atoms with E-state index < -0.39 is 10.0 Å². The Bertz CT molecular complexity index is 812. The number of sulfonamides is 1. The molecule has 0 atom stereocenters. The highest BCUT2D eigenvalue weighted by molar-refractivity contribution is 9.10. The standard InChI is InChI=1S/C14H11BrCl3NO2S/c1-2-19(10-4-5-11(15)13(18)8-10)22(20,21)14-7-9(16)3-6-12(14)17/h3-8H,2H2,1H3. The first kappa shape index (κ1) is 17.9. The molecule has 0 radical (unpaired) electrons. The Morgan fingerprint density at radius 2 is 1.73 bits per heavy atom. The summed E-state index contributed by atoms with van der Waals surface area (Å²) in [6.07, 6.45) is 0. The van der Waals surface area contributed by atoms with Crippen molar-refractivity contribution >= 4 is 66.4 Å². The fourth-order valence-electron chi connectivity index (χ4n) is 1.93. The molecule has 0 aliphatic heterocycles. The van der Waals surface area contributed by atoms with Crippen LogP contribution in [0.3, 0.4) is 0 Å². The Morgan fingerprint density at radius 1 is 1.05 bits per heavy atom. The van der Waals surface area contributed by atoms with Gasteiger partial charge in [-0.2, -0.15) is 0 Å². The van der Waals surface area contributed by atoms with Crippen molar-refractivity contribution in [2.45, 2.75) is 11.8 Å². The Morgan fingerprint density at radius 3 is 2.32 bits per heavy atom. The minimum absolute atomic E-state index is 0.0393. The van der Waals surface area contributed by atoms with E-state index in [1.165, 1.54) is 22.5 Å². The highest BCUT2D eigenvalue weighted by Gasteiger charge is 2.26. The maximum atomic E-state index is 12.9. The lowest BCUT2D eigenvalue weighted by atomic mass is 10.3. The van der Waals surface area contributed by atoms with Crippen LogP contribution in [0.25, 0.3) is 0 Å². The summed E-state index contributed by atoms with van der Waals surface area (Å²) in [6.45, 7) is 1.95. The highest BCUT2D eigenvalue weighted by Crippen LogP contribution is 2.33. The lowest BCUT2D eigenvalue weighted by Gasteiger charge is -2.24. The predicted octanol–water partition coefficient (Wildman–Crippen LogP) is 5.62. The van der Waals surface area contributed by atoms with Crippen LogP contribution < -0.4 is 4.31 Å². The fourth-order valence-corrected chi connectivity index (χ4v) is 4.55. The second-order valence-corrected chi connectivity index (χ2v) is 8.28. The van der Waals surface area contributed by atoms with Crippen LogP contribution in [-0.4, -0.2) is 15.0 Å². The Labute approximate surface area is 153 Å². The van der Waals surface area contributed by atoms with Crippen molar-refractivity contribution in [1.82, 2.24) is 0 Å². The number of rotatable bonds is 4. The van der Waals surface area contributed by atoms with Crippen molar-refractivity contribution in [3.8, 4) is 0 Å². The molecule has 0 unspecified atom stereocenters. The van der Waals surface area contributed by atoms with Gasteiger partial charge in [0.15, 0.2) is 0 Å². The van der Waals surface area contributed by atoms with Gasteiger partial charge in [-0.1, -0.05) is 34.8 Å². The molecule has 0 aliphatic carbocycles. The molecule has 0 bridgehead atoms. The highest BCUT2D eigenvalue weighted by atomic mass is 79.9. The van der Waals surface area contributed by atoms with Gasteiger partial charge in [0.25, 0.3) is 10.0 Å². The summed E-state index contributed by atoms with van der Waals surface area (Å²) in [4.78, 5) is -0.0393. The van der Waals surface area contributed by atoms with Crippen molar-refractivity contribution in [3.05, 3.63) is 55.9 Å². The molecule has 2 rings (SSSR count).